The van der Waals surface area contributed by atoms with E-state index in [2.05, 4.69) is 9.37 Å². The van der Waals surface area contributed by atoms with E-state index in [1.165, 1.54) is 0 Å². The van der Waals surface area contributed by atoms with Crippen LogP contribution in [0.3, 0.4) is 0 Å². The highest BCUT2D eigenvalue weighted by Gasteiger charge is 2.65. The van der Waals surface area contributed by atoms with E-state index in [4.69, 9.17) is 10.4 Å². The van der Waals surface area contributed by atoms with Gasteiger partial charge in [0.15, 0.2) is 0 Å². The number of carboxylic acid groups (broad SMARTS) is 1. The largest absolute Gasteiger partial charge is 0.691 e. The predicted molar refractivity (Wildman–Crippen MR) is 27.3 cm³/mol. The smallest absolute Gasteiger partial charge is 0.446 e. The van der Waals surface area contributed by atoms with Gasteiger partial charge in [0.2, 0.25) is 0 Å². The summed E-state index contributed by atoms with van der Waals surface area (Å²) in [6.45, 7) is 0. The summed E-state index contributed by atoms with van der Waals surface area (Å²) in [7, 11) is 0. The fraction of sp³-hybridized carbons (Fsp3) is 0.667. The lowest BCUT2D eigenvalue weighted by atomic mass is 10.4. The lowest BCUT2D eigenvalue weighted by Gasteiger charge is -2.21. The van der Waals surface area contributed by atoms with E-state index in [1.807, 2.05) is 0 Å². The number of hydrogen-bond donors (Lipinski definition) is 1. The molecule has 1 N–H and O–H groups in total. The van der Waals surface area contributed by atoms with Crippen molar-refractivity contribution in [1.29, 1.82) is 0 Å². The number of rotatable bonds is 4. The molecular weight excluding hydrogens is 224 g/mol. The molecule has 0 rings (SSSR count). The molecule has 0 aliphatic rings. The highest BCUT2D eigenvalue weighted by Crippen LogP contribution is 2.43. The van der Waals surface area contributed by atoms with Gasteiger partial charge in [0.05, 0.1) is 12.0 Å². The van der Waals surface area contributed by atoms with Crippen LogP contribution in [0.1, 0.15) is 0 Å². The zero-order valence-corrected chi connectivity index (χ0v) is 6.32. The van der Waals surface area contributed by atoms with Crippen LogP contribution in [0.4, 0.5) is 17.6 Å². The van der Waals surface area contributed by atoms with Crippen molar-refractivity contribution in [3.8, 4) is 0 Å². The van der Waals surface area contributed by atoms with Crippen molar-refractivity contribution < 1.29 is 42.1 Å². The van der Waals surface area contributed by atoms with Crippen molar-refractivity contribution in [3.63, 3.8) is 0 Å². The van der Waals surface area contributed by atoms with Crippen LogP contribution >= 0.6 is 12.0 Å². The number of carbonyl (C=O) groups is 1. The molecule has 0 aliphatic heterocycles. The van der Waals surface area contributed by atoms with Gasteiger partial charge in [-0.25, -0.2) is 9.18 Å². The third kappa shape index (κ3) is 2.69. The van der Waals surface area contributed by atoms with Crippen LogP contribution in [0.2, 0.25) is 0 Å². The van der Waals surface area contributed by atoms with Gasteiger partial charge in [0.1, 0.15) is 0 Å². The van der Waals surface area contributed by atoms with E-state index in [0.717, 1.165) is 0 Å². The van der Waals surface area contributed by atoms with E-state index < -0.39 is 29.2 Å². The zero-order valence-electron chi connectivity index (χ0n) is 5.50. The Kier molecular flexibility index (Phi) is 3.90. The molecule has 0 heterocycles. The molecular formula is C3HF4O5S-. The van der Waals surface area contributed by atoms with Gasteiger partial charge in [-0.1, -0.05) is 0 Å². The van der Waals surface area contributed by atoms with E-state index in [-0.39, 0.29) is 0 Å². The lowest BCUT2D eigenvalue weighted by Crippen LogP contribution is -2.45. The predicted octanol–water partition coefficient (Wildman–Crippen LogP) is 0.171. The van der Waals surface area contributed by atoms with Gasteiger partial charge in [0.25, 0.3) is 0 Å². The summed E-state index contributed by atoms with van der Waals surface area (Å²) in [4.78, 5) is 9.82. The van der Waals surface area contributed by atoms with Crippen LogP contribution in [0.25, 0.3) is 0 Å². The molecule has 0 bridgehead atoms. The molecule has 0 aromatic heterocycles. The fourth-order valence-electron chi connectivity index (χ4n) is 0.265. The summed E-state index contributed by atoms with van der Waals surface area (Å²) >= 11 is -1.29. The summed E-state index contributed by atoms with van der Waals surface area (Å²) in [6.07, 6.45) is -5.72. The molecule has 1 atom stereocenters. The first-order valence-electron chi connectivity index (χ1n) is 2.39. The minimum atomic E-state index is -5.72. The van der Waals surface area contributed by atoms with E-state index in [0.29, 0.717) is 0 Å². The van der Waals surface area contributed by atoms with Crippen LogP contribution in [0, 0.1) is 0 Å². The van der Waals surface area contributed by atoms with Crippen LogP contribution in [0.5, 0.6) is 0 Å². The first kappa shape index (κ1) is 12.4. The number of carboxylic acids is 1. The Morgan fingerprint density at radius 3 is 2.08 bits per heavy atom. The summed E-state index contributed by atoms with van der Waals surface area (Å²) in [6, 6.07) is 0. The molecule has 0 fully saturated rings. The number of aliphatic carboxylic acids is 1. The lowest BCUT2D eigenvalue weighted by molar-refractivity contribution is -0.777. The van der Waals surface area contributed by atoms with Gasteiger partial charge in [-0.2, -0.15) is 17.5 Å². The second kappa shape index (κ2) is 4.09. The Bertz CT molecular complexity index is 195. The molecule has 5 nitrogen and oxygen atoms in total. The van der Waals surface area contributed by atoms with Crippen molar-refractivity contribution in [2.24, 2.45) is 0 Å². The summed E-state index contributed by atoms with van der Waals surface area (Å²) < 4.78 is 50.5. The quantitative estimate of drug-likeness (QED) is 0.318. The number of halogens is 4. The summed E-state index contributed by atoms with van der Waals surface area (Å²) in [5.74, 6) is -2.85. The molecule has 0 saturated carbocycles. The standard InChI is InChI=1S/C3H2F4O5S/c4-2(1(8)9,3(5,6)7)13-12-11-10/h10H,(H,8,9)/p-1. The third-order valence-electron chi connectivity index (χ3n) is 0.816. The zero-order chi connectivity index (χ0) is 10.7. The maximum atomic E-state index is 12.5. The molecule has 1 unspecified atom stereocenters. The molecule has 0 radical (unpaired) electrons. The van der Waals surface area contributed by atoms with Gasteiger partial charge in [0, 0.05) is 0 Å². The van der Waals surface area contributed by atoms with Crippen molar-refractivity contribution in [1.82, 2.24) is 0 Å². The molecule has 78 valence electrons. The molecule has 0 aliphatic carbocycles. The van der Waals surface area contributed by atoms with Gasteiger partial charge in [-0.3, -0.25) is 5.04 Å². The Morgan fingerprint density at radius 2 is 1.85 bits per heavy atom. The third-order valence-corrected chi connectivity index (χ3v) is 1.58. The molecule has 0 aromatic rings. The monoisotopic (exact) mass is 225 g/mol. The van der Waals surface area contributed by atoms with E-state index in [1.54, 1.807) is 0 Å². The van der Waals surface area contributed by atoms with Crippen molar-refractivity contribution in [2.75, 3.05) is 0 Å². The van der Waals surface area contributed by atoms with Crippen molar-refractivity contribution in [3.05, 3.63) is 0 Å². The second-order valence-corrected chi connectivity index (χ2v) is 2.48. The SMILES string of the molecule is O=C(O)C(F)(SOO[O-])C(F)(F)F. The first-order chi connectivity index (χ1) is 5.75. The maximum absolute atomic E-state index is 12.5. The second-order valence-electron chi connectivity index (χ2n) is 1.62. The van der Waals surface area contributed by atoms with Gasteiger partial charge < -0.3 is 10.4 Å². The molecule has 10 heteroatoms. The molecule has 0 spiro atoms. The Balaban J connectivity index is 4.64. The number of hydrogen-bond acceptors (Lipinski definition) is 5. The summed E-state index contributed by atoms with van der Waals surface area (Å²) in [5, 5.41) is 14.6. The fourth-order valence-corrected chi connectivity index (χ4v) is 0.552. The minimum absolute atomic E-state index is 1.29. The maximum Gasteiger partial charge on any atom is 0.446 e. The van der Waals surface area contributed by atoms with Crippen LogP contribution in [-0.2, 0) is 14.2 Å². The van der Waals surface area contributed by atoms with E-state index in [9.17, 15) is 22.4 Å². The van der Waals surface area contributed by atoms with Crippen LogP contribution in [-0.4, -0.2) is 22.3 Å². The molecule has 0 aromatic carbocycles. The topological polar surface area (TPSA) is 78.8 Å². The van der Waals surface area contributed by atoms with Gasteiger partial charge in [-0.15, -0.1) is 0 Å². The van der Waals surface area contributed by atoms with Crippen molar-refractivity contribution >= 4 is 18.0 Å². The molecule has 13 heavy (non-hydrogen) atoms. The van der Waals surface area contributed by atoms with Gasteiger partial charge in [-0.05, 0) is 0 Å². The highest BCUT2D eigenvalue weighted by molar-refractivity contribution is 7.96. The van der Waals surface area contributed by atoms with Gasteiger partial charge >= 0.3 is 17.1 Å². The molecule has 0 amide bonds. The first-order valence-corrected chi connectivity index (χ1v) is 3.13. The highest BCUT2D eigenvalue weighted by atomic mass is 32.2. The van der Waals surface area contributed by atoms with Crippen LogP contribution in [0.15, 0.2) is 0 Å². The normalized spacial score (nSPS) is 16.7. The van der Waals surface area contributed by atoms with E-state index >= 15 is 0 Å². The van der Waals surface area contributed by atoms with Crippen molar-refractivity contribution in [2.45, 2.75) is 11.2 Å². The number of alkyl halides is 4. The minimum Gasteiger partial charge on any atom is -0.691 e. The average Bonchev–Trinajstić information content (AvgIpc) is 1.97. The average molecular weight is 225 g/mol. The summed E-state index contributed by atoms with van der Waals surface area (Å²) in [5.41, 5.74) is 0. The Morgan fingerprint density at radius 1 is 1.38 bits per heavy atom. The van der Waals surface area contributed by atoms with Crippen LogP contribution < -0.4 is 5.26 Å². The Hall–Kier alpha value is -0.580. The Labute approximate surface area is 72.3 Å². The molecule has 0 saturated heterocycles.